The van der Waals surface area contributed by atoms with Crippen LogP contribution in [0.5, 0.6) is 0 Å². The average molecular weight is 288 g/mol. The van der Waals surface area contributed by atoms with E-state index >= 15 is 0 Å². The van der Waals surface area contributed by atoms with E-state index in [1.54, 1.807) is 7.05 Å². The molecule has 5 nitrogen and oxygen atoms in total. The second kappa shape index (κ2) is 7.67. The molecule has 2 rings (SSSR count). The van der Waals surface area contributed by atoms with Crippen molar-refractivity contribution >= 4 is 17.6 Å². The standard InChI is InChI=1S/C16H24N4O/c1-3-13-7-6-8-14(11-13)19-15(21)12-18-16(17-2)20-9-4-5-10-20/h6-8,11H,3-5,9-10,12H2,1-2H3,(H,17,18)(H,19,21). The summed E-state index contributed by atoms with van der Waals surface area (Å²) in [6.45, 7) is 4.36. The molecule has 0 aromatic heterocycles. The SMILES string of the molecule is CCc1cccc(NC(=O)CNC(=NC)N2CCCC2)c1. The zero-order valence-electron chi connectivity index (χ0n) is 12.9. The fraction of sp³-hybridized carbons (Fsp3) is 0.500. The van der Waals surface area contributed by atoms with Crippen molar-refractivity contribution < 1.29 is 4.79 Å². The monoisotopic (exact) mass is 288 g/mol. The Balaban J connectivity index is 1.83. The number of nitrogens with one attached hydrogen (secondary N) is 2. The van der Waals surface area contributed by atoms with Gasteiger partial charge in [0.05, 0.1) is 6.54 Å². The predicted octanol–water partition coefficient (Wildman–Crippen LogP) is 1.86. The second-order valence-electron chi connectivity index (χ2n) is 5.20. The Hall–Kier alpha value is -2.04. The summed E-state index contributed by atoms with van der Waals surface area (Å²) < 4.78 is 0. The van der Waals surface area contributed by atoms with Gasteiger partial charge in [-0.2, -0.15) is 0 Å². The van der Waals surface area contributed by atoms with Gasteiger partial charge in [0, 0.05) is 25.8 Å². The largest absolute Gasteiger partial charge is 0.347 e. The molecule has 5 heteroatoms. The Labute approximate surface area is 126 Å². The molecule has 0 saturated carbocycles. The van der Waals surface area contributed by atoms with Crippen LogP contribution >= 0.6 is 0 Å². The summed E-state index contributed by atoms with van der Waals surface area (Å²) in [7, 11) is 1.75. The number of benzene rings is 1. The molecule has 0 radical (unpaired) electrons. The number of hydrogen-bond acceptors (Lipinski definition) is 2. The van der Waals surface area contributed by atoms with Gasteiger partial charge in [-0.3, -0.25) is 9.79 Å². The lowest BCUT2D eigenvalue weighted by Crippen LogP contribution is -2.42. The van der Waals surface area contributed by atoms with Crippen LogP contribution in [0.3, 0.4) is 0 Å². The fourth-order valence-electron chi connectivity index (χ4n) is 2.49. The number of aryl methyl sites for hydroxylation is 1. The number of rotatable bonds is 4. The summed E-state index contributed by atoms with van der Waals surface area (Å²) >= 11 is 0. The van der Waals surface area contributed by atoms with Gasteiger partial charge in [-0.15, -0.1) is 0 Å². The van der Waals surface area contributed by atoms with Gasteiger partial charge in [0.15, 0.2) is 5.96 Å². The number of likely N-dealkylation sites (tertiary alicyclic amines) is 1. The van der Waals surface area contributed by atoms with E-state index in [-0.39, 0.29) is 12.5 Å². The van der Waals surface area contributed by atoms with Crippen molar-refractivity contribution in [1.29, 1.82) is 0 Å². The van der Waals surface area contributed by atoms with E-state index in [2.05, 4.69) is 33.5 Å². The minimum absolute atomic E-state index is 0.0522. The Morgan fingerprint density at radius 2 is 2.10 bits per heavy atom. The third kappa shape index (κ3) is 4.48. The number of guanidine groups is 1. The van der Waals surface area contributed by atoms with Crippen molar-refractivity contribution in [2.75, 3.05) is 32.0 Å². The average Bonchev–Trinajstić information content (AvgIpc) is 3.02. The Morgan fingerprint density at radius 3 is 2.76 bits per heavy atom. The van der Waals surface area contributed by atoms with E-state index < -0.39 is 0 Å². The van der Waals surface area contributed by atoms with Gasteiger partial charge in [0.2, 0.25) is 5.91 Å². The van der Waals surface area contributed by atoms with Crippen LogP contribution in [0.4, 0.5) is 5.69 Å². The van der Waals surface area contributed by atoms with Crippen LogP contribution in [0.1, 0.15) is 25.3 Å². The first-order chi connectivity index (χ1) is 10.2. The lowest BCUT2D eigenvalue weighted by atomic mass is 10.1. The van der Waals surface area contributed by atoms with Crippen molar-refractivity contribution in [3.05, 3.63) is 29.8 Å². The maximum atomic E-state index is 12.0. The minimum atomic E-state index is -0.0522. The molecule has 1 aromatic carbocycles. The summed E-state index contributed by atoms with van der Waals surface area (Å²) in [5.74, 6) is 0.758. The number of aliphatic imine (C=N–C) groups is 1. The molecule has 0 atom stereocenters. The van der Waals surface area contributed by atoms with Crippen LogP contribution in [0, 0.1) is 0 Å². The quantitative estimate of drug-likeness (QED) is 0.657. The summed E-state index contributed by atoms with van der Waals surface area (Å²) in [5, 5.41) is 6.04. The van der Waals surface area contributed by atoms with Crippen LogP contribution in [-0.2, 0) is 11.2 Å². The third-order valence-electron chi connectivity index (χ3n) is 3.64. The first-order valence-electron chi connectivity index (χ1n) is 7.57. The lowest BCUT2D eigenvalue weighted by Gasteiger charge is -2.20. The molecule has 1 aliphatic heterocycles. The molecule has 2 N–H and O–H groups in total. The van der Waals surface area contributed by atoms with Gasteiger partial charge in [-0.25, -0.2) is 0 Å². The Morgan fingerprint density at radius 1 is 1.33 bits per heavy atom. The third-order valence-corrected chi connectivity index (χ3v) is 3.64. The van der Waals surface area contributed by atoms with E-state index in [0.29, 0.717) is 0 Å². The molecule has 1 aromatic rings. The molecular formula is C16H24N4O. The van der Waals surface area contributed by atoms with Crippen molar-refractivity contribution in [2.45, 2.75) is 26.2 Å². The Bertz CT molecular complexity index is 507. The fourth-order valence-corrected chi connectivity index (χ4v) is 2.49. The van der Waals surface area contributed by atoms with Crippen molar-refractivity contribution in [2.24, 2.45) is 4.99 Å². The predicted molar refractivity (Wildman–Crippen MR) is 86.6 cm³/mol. The van der Waals surface area contributed by atoms with Crippen LogP contribution in [-0.4, -0.2) is 43.4 Å². The molecule has 0 bridgehead atoms. The van der Waals surface area contributed by atoms with Crippen molar-refractivity contribution in [1.82, 2.24) is 10.2 Å². The smallest absolute Gasteiger partial charge is 0.243 e. The minimum Gasteiger partial charge on any atom is -0.347 e. The van der Waals surface area contributed by atoms with Crippen LogP contribution < -0.4 is 10.6 Å². The Kier molecular flexibility index (Phi) is 5.60. The number of amides is 1. The van der Waals surface area contributed by atoms with Gasteiger partial charge in [0.1, 0.15) is 0 Å². The molecule has 1 heterocycles. The summed E-state index contributed by atoms with van der Waals surface area (Å²) in [6, 6.07) is 7.94. The van der Waals surface area contributed by atoms with Crippen LogP contribution in [0.2, 0.25) is 0 Å². The zero-order valence-corrected chi connectivity index (χ0v) is 12.9. The second-order valence-corrected chi connectivity index (χ2v) is 5.20. The molecular weight excluding hydrogens is 264 g/mol. The number of carbonyl (C=O) groups excluding carboxylic acids is 1. The van der Waals surface area contributed by atoms with E-state index in [4.69, 9.17) is 0 Å². The summed E-state index contributed by atoms with van der Waals surface area (Å²) in [6.07, 6.45) is 3.34. The highest BCUT2D eigenvalue weighted by atomic mass is 16.1. The molecule has 1 aliphatic rings. The van der Waals surface area contributed by atoms with Crippen LogP contribution in [0.15, 0.2) is 29.3 Å². The molecule has 0 spiro atoms. The van der Waals surface area contributed by atoms with Gasteiger partial charge in [0.25, 0.3) is 0 Å². The number of nitrogens with zero attached hydrogens (tertiary/aromatic N) is 2. The first-order valence-corrected chi connectivity index (χ1v) is 7.57. The topological polar surface area (TPSA) is 56.7 Å². The molecule has 21 heavy (non-hydrogen) atoms. The highest BCUT2D eigenvalue weighted by molar-refractivity contribution is 5.95. The van der Waals surface area contributed by atoms with E-state index in [9.17, 15) is 4.79 Å². The number of anilines is 1. The van der Waals surface area contributed by atoms with Crippen molar-refractivity contribution in [3.63, 3.8) is 0 Å². The van der Waals surface area contributed by atoms with Gasteiger partial charge in [-0.1, -0.05) is 19.1 Å². The van der Waals surface area contributed by atoms with Gasteiger partial charge in [-0.05, 0) is 37.0 Å². The number of hydrogen-bond donors (Lipinski definition) is 2. The maximum absolute atomic E-state index is 12.0. The van der Waals surface area contributed by atoms with E-state index in [0.717, 1.165) is 31.2 Å². The molecule has 1 amide bonds. The van der Waals surface area contributed by atoms with Crippen LogP contribution in [0.25, 0.3) is 0 Å². The lowest BCUT2D eigenvalue weighted by molar-refractivity contribution is -0.115. The molecule has 1 fully saturated rings. The van der Waals surface area contributed by atoms with E-state index in [1.807, 2.05) is 18.2 Å². The highest BCUT2D eigenvalue weighted by Gasteiger charge is 2.16. The molecule has 0 aliphatic carbocycles. The number of carbonyl (C=O) groups is 1. The first kappa shape index (κ1) is 15.4. The molecule has 0 unspecified atom stereocenters. The van der Waals surface area contributed by atoms with Gasteiger partial charge < -0.3 is 15.5 Å². The van der Waals surface area contributed by atoms with E-state index in [1.165, 1.54) is 18.4 Å². The molecule has 114 valence electrons. The summed E-state index contributed by atoms with van der Waals surface area (Å²) in [5.41, 5.74) is 2.06. The van der Waals surface area contributed by atoms with Crippen molar-refractivity contribution in [3.8, 4) is 0 Å². The zero-order chi connectivity index (χ0) is 15.1. The summed E-state index contributed by atoms with van der Waals surface area (Å²) in [4.78, 5) is 18.4. The maximum Gasteiger partial charge on any atom is 0.243 e. The molecule has 1 saturated heterocycles. The normalized spacial score (nSPS) is 15.1. The van der Waals surface area contributed by atoms with Gasteiger partial charge >= 0.3 is 0 Å². The highest BCUT2D eigenvalue weighted by Crippen LogP contribution is 2.11.